The van der Waals surface area contributed by atoms with E-state index in [1.165, 1.54) is 0 Å². The molecule has 1 rings (SSSR count). The fourth-order valence-corrected chi connectivity index (χ4v) is 1.34. The van der Waals surface area contributed by atoms with Gasteiger partial charge in [0.2, 0.25) is 5.91 Å². The number of nitrogens with one attached hydrogen (secondary N) is 2. The van der Waals surface area contributed by atoms with E-state index >= 15 is 0 Å². The van der Waals surface area contributed by atoms with E-state index in [1.54, 1.807) is 7.05 Å². The molecule has 18 heavy (non-hydrogen) atoms. The Kier molecular flexibility index (Phi) is 5.65. The van der Waals surface area contributed by atoms with Gasteiger partial charge in [-0.1, -0.05) is 13.0 Å². The Balaban J connectivity index is 2.67. The Hall–Kier alpha value is -1.55. The number of ether oxygens (including phenoxy) is 1. The second kappa shape index (κ2) is 7.01. The van der Waals surface area contributed by atoms with Gasteiger partial charge in [-0.15, -0.1) is 0 Å². The van der Waals surface area contributed by atoms with Crippen LogP contribution in [0.2, 0.25) is 0 Å². The minimum atomic E-state index is -0.218. The Morgan fingerprint density at radius 1 is 1.39 bits per heavy atom. The molecule has 1 aromatic rings. The van der Waals surface area contributed by atoms with Crippen LogP contribution in [0.5, 0.6) is 5.75 Å². The van der Waals surface area contributed by atoms with Crippen LogP contribution in [0.25, 0.3) is 0 Å². The maximum atomic E-state index is 11.7. The van der Waals surface area contributed by atoms with Crippen LogP contribution in [0.4, 0.5) is 5.69 Å². The van der Waals surface area contributed by atoms with Crippen molar-refractivity contribution in [2.24, 2.45) is 0 Å². The maximum absolute atomic E-state index is 11.7. The first-order valence-electron chi connectivity index (χ1n) is 6.31. The molecular formula is C14H22N2O2. The predicted octanol–water partition coefficient (Wildman–Crippen LogP) is 2.41. The van der Waals surface area contributed by atoms with Crippen LogP contribution in [0.15, 0.2) is 24.3 Å². The summed E-state index contributed by atoms with van der Waals surface area (Å²) in [7, 11) is 1.76. The summed E-state index contributed by atoms with van der Waals surface area (Å²) in [4.78, 5) is 11.7. The molecule has 4 heteroatoms. The lowest BCUT2D eigenvalue weighted by Crippen LogP contribution is -2.35. The number of amides is 1. The molecule has 0 radical (unpaired) electrons. The summed E-state index contributed by atoms with van der Waals surface area (Å²) in [5.41, 5.74) is 0.753. The summed E-state index contributed by atoms with van der Waals surface area (Å²) in [6, 6.07) is 7.24. The quantitative estimate of drug-likeness (QED) is 0.815. The molecule has 0 aliphatic heterocycles. The third-order valence-electron chi connectivity index (χ3n) is 2.84. The minimum absolute atomic E-state index is 0.0572. The zero-order valence-corrected chi connectivity index (χ0v) is 11.5. The Morgan fingerprint density at radius 3 is 2.72 bits per heavy atom. The van der Waals surface area contributed by atoms with Gasteiger partial charge < -0.3 is 15.4 Å². The molecule has 0 saturated carbocycles. The van der Waals surface area contributed by atoms with E-state index in [-0.39, 0.29) is 18.1 Å². The number of carbonyl (C=O) groups is 1. The molecule has 0 spiro atoms. The van der Waals surface area contributed by atoms with E-state index in [4.69, 9.17) is 4.74 Å². The average Bonchev–Trinajstić information content (AvgIpc) is 2.37. The Labute approximate surface area is 109 Å². The predicted molar refractivity (Wildman–Crippen MR) is 74.0 cm³/mol. The standard InChI is InChI=1S/C14H22N2O2/c1-5-10(2)18-13-8-6-7-12(9-13)16-14(17)11(3)15-4/h6-11,15H,5H2,1-4H3,(H,16,17). The topological polar surface area (TPSA) is 50.4 Å². The van der Waals surface area contributed by atoms with Gasteiger partial charge in [-0.2, -0.15) is 0 Å². The molecule has 100 valence electrons. The molecule has 2 N–H and O–H groups in total. The van der Waals surface area contributed by atoms with Crippen LogP contribution in [0.1, 0.15) is 27.2 Å². The van der Waals surface area contributed by atoms with Crippen LogP contribution in [-0.4, -0.2) is 25.1 Å². The fraction of sp³-hybridized carbons (Fsp3) is 0.500. The lowest BCUT2D eigenvalue weighted by Gasteiger charge is -2.15. The molecule has 2 atom stereocenters. The van der Waals surface area contributed by atoms with Crippen LogP contribution in [0.3, 0.4) is 0 Å². The molecule has 1 amide bonds. The molecular weight excluding hydrogens is 228 g/mol. The number of rotatable bonds is 6. The van der Waals surface area contributed by atoms with E-state index in [0.717, 1.165) is 17.9 Å². The fourth-order valence-electron chi connectivity index (χ4n) is 1.34. The van der Waals surface area contributed by atoms with Gasteiger partial charge in [-0.3, -0.25) is 4.79 Å². The van der Waals surface area contributed by atoms with Gasteiger partial charge in [0.1, 0.15) is 5.75 Å². The van der Waals surface area contributed by atoms with E-state index < -0.39 is 0 Å². The largest absolute Gasteiger partial charge is 0.491 e. The van der Waals surface area contributed by atoms with Crippen molar-refractivity contribution in [1.29, 1.82) is 0 Å². The highest BCUT2D eigenvalue weighted by molar-refractivity contribution is 5.94. The normalized spacial score (nSPS) is 13.8. The molecule has 2 unspecified atom stereocenters. The molecule has 0 bridgehead atoms. The van der Waals surface area contributed by atoms with Crippen LogP contribution in [-0.2, 0) is 4.79 Å². The molecule has 4 nitrogen and oxygen atoms in total. The van der Waals surface area contributed by atoms with Gasteiger partial charge in [0.25, 0.3) is 0 Å². The molecule has 0 heterocycles. The SMILES string of the molecule is CCC(C)Oc1cccc(NC(=O)C(C)NC)c1. The summed E-state index contributed by atoms with van der Waals surface area (Å²) in [6.45, 7) is 5.91. The average molecular weight is 250 g/mol. The number of carbonyl (C=O) groups excluding carboxylic acids is 1. The second-order valence-electron chi connectivity index (χ2n) is 4.36. The number of hydrogen-bond acceptors (Lipinski definition) is 3. The molecule has 0 aromatic heterocycles. The third kappa shape index (κ3) is 4.37. The molecule has 0 saturated heterocycles. The van der Waals surface area contributed by atoms with Crippen molar-refractivity contribution in [2.45, 2.75) is 39.3 Å². The molecule has 1 aromatic carbocycles. The van der Waals surface area contributed by atoms with Gasteiger partial charge in [0, 0.05) is 11.8 Å². The first-order valence-corrected chi connectivity index (χ1v) is 6.31. The van der Waals surface area contributed by atoms with Crippen molar-refractivity contribution in [3.8, 4) is 5.75 Å². The highest BCUT2D eigenvalue weighted by Crippen LogP contribution is 2.19. The van der Waals surface area contributed by atoms with Gasteiger partial charge in [-0.05, 0) is 39.4 Å². The van der Waals surface area contributed by atoms with Gasteiger partial charge >= 0.3 is 0 Å². The van der Waals surface area contributed by atoms with Gasteiger partial charge in [-0.25, -0.2) is 0 Å². The van der Waals surface area contributed by atoms with Crippen molar-refractivity contribution in [1.82, 2.24) is 5.32 Å². The second-order valence-corrected chi connectivity index (χ2v) is 4.36. The zero-order chi connectivity index (χ0) is 13.5. The van der Waals surface area contributed by atoms with Crippen LogP contribution >= 0.6 is 0 Å². The number of likely N-dealkylation sites (N-methyl/N-ethyl adjacent to an activating group) is 1. The molecule has 0 aliphatic carbocycles. The highest BCUT2D eigenvalue weighted by atomic mass is 16.5. The van der Waals surface area contributed by atoms with E-state index in [0.29, 0.717) is 0 Å². The summed E-state index contributed by atoms with van der Waals surface area (Å²) >= 11 is 0. The van der Waals surface area contributed by atoms with Gasteiger partial charge in [0.15, 0.2) is 0 Å². The maximum Gasteiger partial charge on any atom is 0.241 e. The highest BCUT2D eigenvalue weighted by Gasteiger charge is 2.10. The van der Waals surface area contributed by atoms with Gasteiger partial charge in [0.05, 0.1) is 12.1 Å². The monoisotopic (exact) mass is 250 g/mol. The zero-order valence-electron chi connectivity index (χ0n) is 11.5. The summed E-state index contributed by atoms with van der Waals surface area (Å²) in [5, 5.41) is 5.74. The Bertz CT molecular complexity index is 393. The van der Waals surface area contributed by atoms with E-state index in [1.807, 2.05) is 38.1 Å². The van der Waals surface area contributed by atoms with Crippen molar-refractivity contribution in [3.63, 3.8) is 0 Å². The summed E-state index contributed by atoms with van der Waals surface area (Å²) in [5.74, 6) is 0.720. The van der Waals surface area contributed by atoms with Crippen molar-refractivity contribution in [2.75, 3.05) is 12.4 Å². The Morgan fingerprint density at radius 2 is 2.11 bits per heavy atom. The molecule has 0 fully saturated rings. The van der Waals surface area contributed by atoms with Crippen LogP contribution in [0, 0.1) is 0 Å². The van der Waals surface area contributed by atoms with Crippen molar-refractivity contribution in [3.05, 3.63) is 24.3 Å². The van der Waals surface area contributed by atoms with Crippen LogP contribution < -0.4 is 15.4 Å². The first kappa shape index (κ1) is 14.5. The minimum Gasteiger partial charge on any atom is -0.491 e. The molecule has 0 aliphatic rings. The third-order valence-corrected chi connectivity index (χ3v) is 2.84. The summed E-state index contributed by atoms with van der Waals surface area (Å²) < 4.78 is 5.71. The van der Waals surface area contributed by atoms with Crippen molar-refractivity contribution < 1.29 is 9.53 Å². The van der Waals surface area contributed by atoms with E-state index in [2.05, 4.69) is 17.6 Å². The van der Waals surface area contributed by atoms with Crippen molar-refractivity contribution >= 4 is 11.6 Å². The summed E-state index contributed by atoms with van der Waals surface area (Å²) in [6.07, 6.45) is 1.13. The first-order chi connectivity index (χ1) is 8.56. The lowest BCUT2D eigenvalue weighted by molar-refractivity contribution is -0.117. The number of benzene rings is 1. The smallest absolute Gasteiger partial charge is 0.241 e. The van der Waals surface area contributed by atoms with E-state index in [9.17, 15) is 4.79 Å². The number of hydrogen-bond donors (Lipinski definition) is 2. The lowest BCUT2D eigenvalue weighted by atomic mass is 10.2. The number of anilines is 1.